The van der Waals surface area contributed by atoms with Crippen molar-refractivity contribution in [2.24, 2.45) is 5.92 Å². The van der Waals surface area contributed by atoms with E-state index in [0.29, 0.717) is 25.6 Å². The van der Waals surface area contributed by atoms with E-state index in [1.165, 1.54) is 0 Å². The predicted molar refractivity (Wildman–Crippen MR) is 98.1 cm³/mol. The van der Waals surface area contributed by atoms with Gasteiger partial charge in [0.1, 0.15) is 12.4 Å². The summed E-state index contributed by atoms with van der Waals surface area (Å²) in [5.74, 6) is 0.960. The molecular formula is C17H26BrN3O3. The highest BCUT2D eigenvalue weighted by Gasteiger charge is 2.10. The van der Waals surface area contributed by atoms with Crippen LogP contribution in [-0.2, 0) is 4.79 Å². The normalized spacial score (nSPS) is 10.8. The highest BCUT2D eigenvalue weighted by atomic mass is 79.9. The molecule has 3 amide bonds. The van der Waals surface area contributed by atoms with Crippen molar-refractivity contribution < 1.29 is 14.3 Å². The summed E-state index contributed by atoms with van der Waals surface area (Å²) in [6.07, 6.45) is 0.884. The van der Waals surface area contributed by atoms with E-state index in [2.05, 4.69) is 40.4 Å². The maximum absolute atomic E-state index is 11.8. The maximum Gasteiger partial charge on any atom is 0.321 e. The van der Waals surface area contributed by atoms with Crippen molar-refractivity contribution in [2.45, 2.75) is 20.3 Å². The lowest BCUT2D eigenvalue weighted by Gasteiger charge is -2.16. The SMILES string of the molecule is CC(C)CCNC(=O)NC(=O)CN(C)CCOc1ccc(Br)cc1. The molecule has 0 fully saturated rings. The van der Waals surface area contributed by atoms with Gasteiger partial charge in [0.15, 0.2) is 0 Å². The van der Waals surface area contributed by atoms with Gasteiger partial charge in [-0.1, -0.05) is 29.8 Å². The number of hydrogen-bond donors (Lipinski definition) is 2. The number of likely N-dealkylation sites (N-methyl/N-ethyl adjacent to an activating group) is 1. The number of rotatable bonds is 9. The Morgan fingerprint density at radius 1 is 1.25 bits per heavy atom. The Morgan fingerprint density at radius 3 is 2.54 bits per heavy atom. The van der Waals surface area contributed by atoms with Crippen molar-refractivity contribution in [3.8, 4) is 5.75 Å². The fourth-order valence-corrected chi connectivity index (χ4v) is 2.12. The molecule has 0 aliphatic heterocycles. The van der Waals surface area contributed by atoms with Gasteiger partial charge in [0, 0.05) is 17.6 Å². The highest BCUT2D eigenvalue weighted by Crippen LogP contribution is 2.15. The first-order valence-electron chi connectivity index (χ1n) is 8.01. The van der Waals surface area contributed by atoms with Crippen molar-refractivity contribution in [3.63, 3.8) is 0 Å². The molecule has 0 radical (unpaired) electrons. The molecule has 0 bridgehead atoms. The van der Waals surface area contributed by atoms with Crippen LogP contribution in [0.2, 0.25) is 0 Å². The van der Waals surface area contributed by atoms with Crippen molar-refractivity contribution in [3.05, 3.63) is 28.7 Å². The molecule has 1 aromatic carbocycles. The fraction of sp³-hybridized carbons (Fsp3) is 0.529. The monoisotopic (exact) mass is 399 g/mol. The van der Waals surface area contributed by atoms with Gasteiger partial charge >= 0.3 is 6.03 Å². The van der Waals surface area contributed by atoms with E-state index in [4.69, 9.17) is 4.74 Å². The topological polar surface area (TPSA) is 70.7 Å². The van der Waals surface area contributed by atoms with Crippen LogP contribution >= 0.6 is 15.9 Å². The molecule has 6 nitrogen and oxygen atoms in total. The summed E-state index contributed by atoms with van der Waals surface area (Å²) < 4.78 is 6.59. The van der Waals surface area contributed by atoms with Crippen LogP contribution in [0.3, 0.4) is 0 Å². The summed E-state index contributed by atoms with van der Waals surface area (Å²) in [5.41, 5.74) is 0. The van der Waals surface area contributed by atoms with E-state index in [1.807, 2.05) is 24.3 Å². The molecule has 0 spiro atoms. The van der Waals surface area contributed by atoms with Crippen LogP contribution in [0, 0.1) is 5.92 Å². The van der Waals surface area contributed by atoms with Gasteiger partial charge < -0.3 is 10.1 Å². The summed E-state index contributed by atoms with van der Waals surface area (Å²) in [6, 6.07) is 7.12. The van der Waals surface area contributed by atoms with Crippen molar-refractivity contribution in [1.29, 1.82) is 0 Å². The van der Waals surface area contributed by atoms with Gasteiger partial charge in [0.05, 0.1) is 6.54 Å². The summed E-state index contributed by atoms with van der Waals surface area (Å²) in [6.45, 7) is 5.91. The van der Waals surface area contributed by atoms with Gasteiger partial charge in [-0.05, 0) is 43.7 Å². The minimum Gasteiger partial charge on any atom is -0.492 e. The molecule has 0 saturated carbocycles. The number of ether oxygens (including phenoxy) is 1. The summed E-state index contributed by atoms with van der Waals surface area (Å²) in [5, 5.41) is 4.99. The van der Waals surface area contributed by atoms with E-state index in [-0.39, 0.29) is 12.5 Å². The zero-order chi connectivity index (χ0) is 17.9. The van der Waals surface area contributed by atoms with Crippen LogP contribution in [0.15, 0.2) is 28.7 Å². The summed E-state index contributed by atoms with van der Waals surface area (Å²) >= 11 is 3.37. The number of hydrogen-bond acceptors (Lipinski definition) is 4. The third-order valence-corrected chi connectivity index (χ3v) is 3.76. The zero-order valence-corrected chi connectivity index (χ0v) is 16.1. The summed E-state index contributed by atoms with van der Waals surface area (Å²) in [7, 11) is 1.81. The molecule has 0 aliphatic carbocycles. The van der Waals surface area contributed by atoms with E-state index in [1.54, 1.807) is 11.9 Å². The van der Waals surface area contributed by atoms with Gasteiger partial charge in [-0.15, -0.1) is 0 Å². The molecule has 0 heterocycles. The number of nitrogens with one attached hydrogen (secondary N) is 2. The Kier molecular flexibility index (Phi) is 9.41. The van der Waals surface area contributed by atoms with Crippen LogP contribution in [0.5, 0.6) is 5.75 Å². The van der Waals surface area contributed by atoms with Crippen LogP contribution in [0.1, 0.15) is 20.3 Å². The molecule has 0 saturated heterocycles. The van der Waals surface area contributed by atoms with Gasteiger partial charge in [-0.3, -0.25) is 15.0 Å². The first-order chi connectivity index (χ1) is 11.4. The number of nitrogens with zero attached hydrogens (tertiary/aromatic N) is 1. The number of benzene rings is 1. The average Bonchev–Trinajstić information content (AvgIpc) is 2.48. The van der Waals surface area contributed by atoms with Gasteiger partial charge in [-0.2, -0.15) is 0 Å². The smallest absolute Gasteiger partial charge is 0.321 e. The van der Waals surface area contributed by atoms with Gasteiger partial charge in [0.25, 0.3) is 0 Å². The standard InChI is InChI=1S/C17H26BrN3O3/c1-13(2)8-9-19-17(23)20-16(22)12-21(3)10-11-24-15-6-4-14(18)5-7-15/h4-7,13H,8-12H2,1-3H3,(H2,19,20,22,23). The van der Waals surface area contributed by atoms with E-state index >= 15 is 0 Å². The van der Waals surface area contributed by atoms with Crippen LogP contribution in [0.4, 0.5) is 4.79 Å². The highest BCUT2D eigenvalue weighted by molar-refractivity contribution is 9.10. The molecule has 0 unspecified atom stereocenters. The third kappa shape index (κ3) is 9.52. The molecule has 24 heavy (non-hydrogen) atoms. The molecule has 2 N–H and O–H groups in total. The van der Waals surface area contributed by atoms with E-state index < -0.39 is 6.03 Å². The second-order valence-corrected chi connectivity index (χ2v) is 6.94. The lowest BCUT2D eigenvalue weighted by Crippen LogP contribution is -2.44. The minimum atomic E-state index is -0.444. The molecule has 0 aliphatic rings. The fourth-order valence-electron chi connectivity index (χ4n) is 1.86. The van der Waals surface area contributed by atoms with Gasteiger partial charge in [-0.25, -0.2) is 4.79 Å². The van der Waals surface area contributed by atoms with Crippen molar-refractivity contribution in [2.75, 3.05) is 33.3 Å². The Labute approximate surface area is 152 Å². The van der Waals surface area contributed by atoms with E-state index in [9.17, 15) is 9.59 Å². The zero-order valence-electron chi connectivity index (χ0n) is 14.5. The number of carbonyl (C=O) groups is 2. The molecular weight excluding hydrogens is 374 g/mol. The van der Waals surface area contributed by atoms with Gasteiger partial charge in [0.2, 0.25) is 5.91 Å². The number of carbonyl (C=O) groups excluding carboxylic acids is 2. The lowest BCUT2D eigenvalue weighted by molar-refractivity contribution is -0.120. The quantitative estimate of drug-likeness (QED) is 0.669. The van der Waals surface area contributed by atoms with Crippen LogP contribution in [-0.4, -0.2) is 50.1 Å². The first-order valence-corrected chi connectivity index (χ1v) is 8.80. The molecule has 134 valence electrons. The van der Waals surface area contributed by atoms with Crippen LogP contribution in [0.25, 0.3) is 0 Å². The number of halogens is 1. The molecule has 7 heteroatoms. The van der Waals surface area contributed by atoms with Crippen molar-refractivity contribution >= 4 is 27.9 Å². The largest absolute Gasteiger partial charge is 0.492 e. The second kappa shape index (κ2) is 11.0. The van der Waals surface area contributed by atoms with Crippen molar-refractivity contribution in [1.82, 2.24) is 15.5 Å². The average molecular weight is 400 g/mol. The Morgan fingerprint density at radius 2 is 1.92 bits per heavy atom. The number of imide groups is 1. The Hall–Kier alpha value is -1.60. The second-order valence-electron chi connectivity index (χ2n) is 6.03. The summed E-state index contributed by atoms with van der Waals surface area (Å²) in [4.78, 5) is 25.1. The van der Waals surface area contributed by atoms with E-state index in [0.717, 1.165) is 16.6 Å². The number of urea groups is 1. The first kappa shape index (κ1) is 20.4. The minimum absolute atomic E-state index is 0.140. The Balaban J connectivity index is 2.17. The lowest BCUT2D eigenvalue weighted by atomic mass is 10.1. The molecule has 1 rings (SSSR count). The maximum atomic E-state index is 11.8. The third-order valence-electron chi connectivity index (χ3n) is 3.23. The predicted octanol–water partition coefficient (Wildman–Crippen LogP) is 2.63. The van der Waals surface area contributed by atoms with Crippen LogP contribution < -0.4 is 15.4 Å². The number of amides is 3. The Bertz CT molecular complexity index is 520. The molecule has 0 aromatic heterocycles. The molecule has 1 aromatic rings. The molecule has 0 atom stereocenters.